The van der Waals surface area contributed by atoms with Gasteiger partial charge in [-0.05, 0) is 18.6 Å². The van der Waals surface area contributed by atoms with Crippen LogP contribution in [0.2, 0.25) is 0 Å². The minimum absolute atomic E-state index is 0.243. The second-order valence-electron chi connectivity index (χ2n) is 3.87. The fourth-order valence-corrected chi connectivity index (χ4v) is 1.53. The Morgan fingerprint density at radius 3 is 1.84 bits per heavy atom. The highest BCUT2D eigenvalue weighted by atomic mass is 19.2. The van der Waals surface area contributed by atoms with Gasteiger partial charge in [-0.25, -0.2) is 22.0 Å². The third-order valence-electron chi connectivity index (χ3n) is 2.62. The van der Waals surface area contributed by atoms with E-state index in [0.717, 1.165) is 12.3 Å². The lowest BCUT2D eigenvalue weighted by atomic mass is 10.1. The zero-order valence-electron chi connectivity index (χ0n) is 9.57. The van der Waals surface area contributed by atoms with E-state index in [0.29, 0.717) is 5.56 Å². The minimum Gasteiger partial charge on any atom is -0.397 e. The summed E-state index contributed by atoms with van der Waals surface area (Å²) in [6.45, 7) is 1.52. The number of halogens is 5. The van der Waals surface area contributed by atoms with E-state index in [1.165, 1.54) is 6.92 Å². The molecular weight excluding hydrogens is 267 g/mol. The molecule has 0 saturated carbocycles. The maximum Gasteiger partial charge on any atom is 0.200 e. The number of aryl methyl sites for hydroxylation is 1. The Bertz CT molecular complexity index is 641. The summed E-state index contributed by atoms with van der Waals surface area (Å²) in [5.41, 5.74) is 4.68. The van der Waals surface area contributed by atoms with Crippen molar-refractivity contribution in [1.82, 2.24) is 4.98 Å². The first-order valence-electron chi connectivity index (χ1n) is 5.08. The first-order valence-corrected chi connectivity index (χ1v) is 5.08. The normalized spacial score (nSPS) is 10.8. The van der Waals surface area contributed by atoms with Gasteiger partial charge < -0.3 is 5.73 Å². The summed E-state index contributed by atoms with van der Waals surface area (Å²) in [5, 5.41) is 0. The van der Waals surface area contributed by atoms with Crippen molar-refractivity contribution in [2.75, 3.05) is 5.73 Å². The summed E-state index contributed by atoms with van der Waals surface area (Å²) in [7, 11) is 0. The Labute approximate surface area is 104 Å². The van der Waals surface area contributed by atoms with Crippen LogP contribution < -0.4 is 5.73 Å². The van der Waals surface area contributed by atoms with Crippen LogP contribution in [-0.2, 0) is 0 Å². The van der Waals surface area contributed by atoms with Crippen molar-refractivity contribution in [2.24, 2.45) is 0 Å². The average molecular weight is 274 g/mol. The number of aromatic nitrogens is 1. The molecule has 1 aromatic carbocycles. The van der Waals surface area contributed by atoms with Crippen LogP contribution in [0, 0.1) is 36.0 Å². The van der Waals surface area contributed by atoms with Crippen LogP contribution in [0.5, 0.6) is 0 Å². The maximum absolute atomic E-state index is 13.5. The largest absolute Gasteiger partial charge is 0.397 e. The SMILES string of the molecule is Cc1cc(-c2c(F)c(F)c(F)c(F)c2F)ncc1N. The van der Waals surface area contributed by atoms with E-state index in [1.54, 1.807) is 0 Å². The Morgan fingerprint density at radius 1 is 0.895 bits per heavy atom. The number of anilines is 1. The second kappa shape index (κ2) is 4.49. The van der Waals surface area contributed by atoms with Crippen molar-refractivity contribution in [3.63, 3.8) is 0 Å². The number of nitrogens with two attached hydrogens (primary N) is 1. The number of benzene rings is 1. The van der Waals surface area contributed by atoms with Crippen LogP contribution >= 0.6 is 0 Å². The van der Waals surface area contributed by atoms with Crippen molar-refractivity contribution in [3.8, 4) is 11.3 Å². The van der Waals surface area contributed by atoms with Gasteiger partial charge in [0.2, 0.25) is 5.82 Å². The van der Waals surface area contributed by atoms with Gasteiger partial charge in [0.05, 0.1) is 23.1 Å². The molecule has 2 N–H and O–H groups in total. The minimum atomic E-state index is -2.20. The molecule has 0 spiro atoms. The van der Waals surface area contributed by atoms with Crippen molar-refractivity contribution in [2.45, 2.75) is 6.92 Å². The summed E-state index contributed by atoms with van der Waals surface area (Å²) in [5.74, 6) is -10.1. The van der Waals surface area contributed by atoms with E-state index >= 15 is 0 Å². The van der Waals surface area contributed by atoms with E-state index in [1.807, 2.05) is 0 Å². The van der Waals surface area contributed by atoms with Crippen LogP contribution in [0.15, 0.2) is 12.3 Å². The van der Waals surface area contributed by atoms with Gasteiger partial charge in [0.15, 0.2) is 23.3 Å². The highest BCUT2D eigenvalue weighted by molar-refractivity contribution is 5.64. The first-order chi connectivity index (χ1) is 8.84. The molecule has 0 unspecified atom stereocenters. The summed E-state index contributed by atoms with van der Waals surface area (Å²) >= 11 is 0. The van der Waals surface area contributed by atoms with E-state index in [4.69, 9.17) is 5.73 Å². The molecule has 0 aliphatic heterocycles. The molecule has 0 amide bonds. The van der Waals surface area contributed by atoms with E-state index < -0.39 is 34.6 Å². The molecule has 2 aromatic rings. The fraction of sp³-hybridized carbons (Fsp3) is 0.0833. The molecule has 19 heavy (non-hydrogen) atoms. The van der Waals surface area contributed by atoms with Gasteiger partial charge in [0.25, 0.3) is 0 Å². The fourth-order valence-electron chi connectivity index (χ4n) is 1.53. The zero-order chi connectivity index (χ0) is 14.3. The van der Waals surface area contributed by atoms with Gasteiger partial charge in [-0.3, -0.25) is 4.98 Å². The Balaban J connectivity index is 2.79. The average Bonchev–Trinajstić information content (AvgIpc) is 2.38. The number of nitrogens with zero attached hydrogens (tertiary/aromatic N) is 1. The monoisotopic (exact) mass is 274 g/mol. The molecule has 1 heterocycles. The van der Waals surface area contributed by atoms with Crippen LogP contribution in [0.4, 0.5) is 27.6 Å². The summed E-state index contributed by atoms with van der Waals surface area (Å²) < 4.78 is 66.1. The molecule has 2 rings (SSSR count). The quantitative estimate of drug-likeness (QED) is 0.492. The second-order valence-corrected chi connectivity index (χ2v) is 3.87. The third kappa shape index (κ3) is 2.00. The van der Waals surface area contributed by atoms with Crippen molar-refractivity contribution in [3.05, 3.63) is 46.9 Å². The van der Waals surface area contributed by atoms with Gasteiger partial charge in [-0.1, -0.05) is 0 Å². The van der Waals surface area contributed by atoms with Gasteiger partial charge >= 0.3 is 0 Å². The van der Waals surface area contributed by atoms with Crippen molar-refractivity contribution < 1.29 is 22.0 Å². The van der Waals surface area contributed by atoms with Gasteiger partial charge in [0, 0.05) is 0 Å². The predicted octanol–water partition coefficient (Wildman–Crippen LogP) is 3.33. The van der Waals surface area contributed by atoms with Crippen LogP contribution in [-0.4, -0.2) is 4.98 Å². The molecule has 0 fully saturated rings. The summed E-state index contributed by atoms with van der Waals surface area (Å²) in [6, 6.07) is 1.15. The number of rotatable bonds is 1. The predicted molar refractivity (Wildman–Crippen MR) is 58.6 cm³/mol. The molecule has 7 heteroatoms. The van der Waals surface area contributed by atoms with Crippen LogP contribution in [0.1, 0.15) is 5.56 Å². The lowest BCUT2D eigenvalue weighted by molar-refractivity contribution is 0.381. The van der Waals surface area contributed by atoms with Gasteiger partial charge in [-0.2, -0.15) is 0 Å². The highest BCUT2D eigenvalue weighted by Gasteiger charge is 2.27. The van der Waals surface area contributed by atoms with Gasteiger partial charge in [0.1, 0.15) is 0 Å². The Hall–Kier alpha value is -2.18. The third-order valence-corrected chi connectivity index (χ3v) is 2.62. The highest BCUT2D eigenvalue weighted by Crippen LogP contribution is 2.31. The van der Waals surface area contributed by atoms with Crippen LogP contribution in [0.25, 0.3) is 11.3 Å². The Morgan fingerprint density at radius 2 is 1.37 bits per heavy atom. The summed E-state index contributed by atoms with van der Waals surface area (Å²) in [4.78, 5) is 3.58. The number of pyridine rings is 1. The van der Waals surface area contributed by atoms with E-state index in [2.05, 4.69) is 4.98 Å². The smallest absolute Gasteiger partial charge is 0.200 e. The molecule has 0 aliphatic carbocycles. The van der Waals surface area contributed by atoms with Crippen molar-refractivity contribution >= 4 is 5.69 Å². The molecule has 0 radical (unpaired) electrons. The zero-order valence-corrected chi connectivity index (χ0v) is 9.57. The van der Waals surface area contributed by atoms with E-state index in [-0.39, 0.29) is 11.4 Å². The topological polar surface area (TPSA) is 38.9 Å². The summed E-state index contributed by atoms with van der Waals surface area (Å²) in [6.07, 6.45) is 1.09. The molecule has 0 bridgehead atoms. The molecule has 0 aliphatic rings. The molecule has 2 nitrogen and oxygen atoms in total. The van der Waals surface area contributed by atoms with Crippen LogP contribution in [0.3, 0.4) is 0 Å². The number of hydrogen-bond donors (Lipinski definition) is 1. The van der Waals surface area contributed by atoms with E-state index in [9.17, 15) is 22.0 Å². The molecule has 100 valence electrons. The standard InChI is InChI=1S/C12H7F5N2/c1-4-2-6(19-3-5(4)18)7-8(13)10(15)12(17)11(16)9(7)14/h2-3H,18H2,1H3. The lowest BCUT2D eigenvalue weighted by Gasteiger charge is -2.09. The van der Waals surface area contributed by atoms with Crippen molar-refractivity contribution in [1.29, 1.82) is 0 Å². The van der Waals surface area contributed by atoms with Gasteiger partial charge in [-0.15, -0.1) is 0 Å². The number of hydrogen-bond acceptors (Lipinski definition) is 2. The Kier molecular flexibility index (Phi) is 3.13. The molecular formula is C12H7F5N2. The molecule has 0 saturated heterocycles. The number of nitrogen functional groups attached to an aromatic ring is 1. The maximum atomic E-state index is 13.5. The molecule has 1 aromatic heterocycles. The first kappa shape index (κ1) is 13.3. The lowest BCUT2D eigenvalue weighted by Crippen LogP contribution is -2.05. The molecule has 0 atom stereocenters.